The minimum Gasteiger partial charge on any atom is -0.341 e. The van der Waals surface area contributed by atoms with E-state index < -0.39 is 11.7 Å². The third kappa shape index (κ3) is 4.57. The molecule has 144 valence electrons. The number of piperazine rings is 1. The van der Waals surface area contributed by atoms with E-state index in [1.54, 1.807) is 0 Å². The molecule has 3 rings (SSSR count). The summed E-state index contributed by atoms with van der Waals surface area (Å²) >= 11 is 0. The normalized spacial score (nSPS) is 23.2. The number of carbonyl (C=O) groups is 1. The Bertz CT molecular complexity index is 611. The molecule has 0 spiro atoms. The van der Waals surface area contributed by atoms with Crippen LogP contribution in [0.2, 0.25) is 0 Å². The SMILES string of the molecule is CC(CC(=O)N1CCC(N2CCNCC2)C1)c1ccc(C(F)(F)F)cc1. The molecule has 2 unspecified atom stereocenters. The van der Waals surface area contributed by atoms with E-state index in [9.17, 15) is 18.0 Å². The van der Waals surface area contributed by atoms with Crippen LogP contribution in [0.25, 0.3) is 0 Å². The van der Waals surface area contributed by atoms with Gasteiger partial charge >= 0.3 is 6.18 Å². The van der Waals surface area contributed by atoms with Gasteiger partial charge in [0.15, 0.2) is 0 Å². The summed E-state index contributed by atoms with van der Waals surface area (Å²) in [6.07, 6.45) is -2.99. The Hall–Kier alpha value is -1.60. The molecule has 2 fully saturated rings. The molecule has 4 nitrogen and oxygen atoms in total. The average molecular weight is 369 g/mol. The van der Waals surface area contributed by atoms with Crippen molar-refractivity contribution < 1.29 is 18.0 Å². The quantitative estimate of drug-likeness (QED) is 0.887. The predicted molar refractivity (Wildman–Crippen MR) is 93.9 cm³/mol. The van der Waals surface area contributed by atoms with Gasteiger partial charge in [-0.25, -0.2) is 0 Å². The smallest absolute Gasteiger partial charge is 0.341 e. The molecule has 1 N–H and O–H groups in total. The molecule has 26 heavy (non-hydrogen) atoms. The molecule has 1 amide bonds. The van der Waals surface area contributed by atoms with Crippen LogP contribution in [0.5, 0.6) is 0 Å². The van der Waals surface area contributed by atoms with E-state index in [1.807, 2.05) is 11.8 Å². The lowest BCUT2D eigenvalue weighted by atomic mass is 9.96. The van der Waals surface area contributed by atoms with E-state index in [-0.39, 0.29) is 11.8 Å². The lowest BCUT2D eigenvalue weighted by Gasteiger charge is -2.32. The maximum absolute atomic E-state index is 12.7. The van der Waals surface area contributed by atoms with Gasteiger partial charge in [0.25, 0.3) is 0 Å². The summed E-state index contributed by atoms with van der Waals surface area (Å²) in [6, 6.07) is 5.57. The zero-order chi connectivity index (χ0) is 18.7. The van der Waals surface area contributed by atoms with Crippen molar-refractivity contribution in [2.24, 2.45) is 0 Å². The number of likely N-dealkylation sites (tertiary alicyclic amines) is 1. The number of alkyl halides is 3. The standard InChI is InChI=1S/C19H26F3N3O/c1-14(15-2-4-16(5-3-15)19(20,21)22)12-18(26)25-9-6-17(13-25)24-10-7-23-8-11-24/h2-5,14,17,23H,6-13H2,1H3. The first-order valence-electron chi connectivity index (χ1n) is 9.24. The van der Waals surface area contributed by atoms with Gasteiger partial charge in [-0.1, -0.05) is 19.1 Å². The van der Waals surface area contributed by atoms with Crippen LogP contribution in [0.15, 0.2) is 24.3 Å². The van der Waals surface area contributed by atoms with Gasteiger partial charge in [-0.2, -0.15) is 13.2 Å². The maximum atomic E-state index is 12.7. The van der Waals surface area contributed by atoms with Gasteiger partial charge < -0.3 is 10.2 Å². The van der Waals surface area contributed by atoms with Gasteiger partial charge in [-0.15, -0.1) is 0 Å². The summed E-state index contributed by atoms with van der Waals surface area (Å²) in [5.74, 6) is -0.00180. The highest BCUT2D eigenvalue weighted by Gasteiger charge is 2.32. The Morgan fingerprint density at radius 1 is 1.19 bits per heavy atom. The Balaban J connectivity index is 1.53. The molecular formula is C19H26F3N3O. The summed E-state index contributed by atoms with van der Waals surface area (Å²) in [5.41, 5.74) is 0.113. The predicted octanol–water partition coefficient (Wildman–Crippen LogP) is 2.71. The highest BCUT2D eigenvalue weighted by molar-refractivity contribution is 5.77. The number of nitrogens with one attached hydrogen (secondary N) is 1. The highest BCUT2D eigenvalue weighted by Crippen LogP contribution is 2.31. The fourth-order valence-electron chi connectivity index (χ4n) is 3.82. The molecule has 1 aromatic rings. The monoisotopic (exact) mass is 369 g/mol. The molecule has 7 heteroatoms. The van der Waals surface area contributed by atoms with Gasteiger partial charge in [-0.3, -0.25) is 9.69 Å². The van der Waals surface area contributed by atoms with Crippen LogP contribution < -0.4 is 5.32 Å². The van der Waals surface area contributed by atoms with Crippen LogP contribution in [0.1, 0.15) is 36.8 Å². The average Bonchev–Trinajstić information content (AvgIpc) is 3.12. The zero-order valence-electron chi connectivity index (χ0n) is 15.1. The molecular weight excluding hydrogens is 343 g/mol. The minimum absolute atomic E-state index is 0.0926. The van der Waals surface area contributed by atoms with Crippen molar-refractivity contribution in [3.8, 4) is 0 Å². The summed E-state index contributed by atoms with van der Waals surface area (Å²) in [6.45, 7) is 7.46. The topological polar surface area (TPSA) is 35.6 Å². The van der Waals surface area contributed by atoms with E-state index in [0.717, 1.165) is 63.4 Å². The van der Waals surface area contributed by atoms with Crippen molar-refractivity contribution in [2.75, 3.05) is 39.3 Å². The first-order chi connectivity index (χ1) is 12.3. The molecule has 0 aliphatic carbocycles. The van der Waals surface area contributed by atoms with Crippen LogP contribution in [-0.4, -0.2) is 61.0 Å². The molecule has 0 saturated carbocycles. The summed E-state index contributed by atoms with van der Waals surface area (Å²) < 4.78 is 38.0. The van der Waals surface area contributed by atoms with Gasteiger partial charge in [0, 0.05) is 51.7 Å². The number of hydrogen-bond acceptors (Lipinski definition) is 3. The van der Waals surface area contributed by atoms with Gasteiger partial charge in [0.2, 0.25) is 5.91 Å². The minimum atomic E-state index is -4.33. The second-order valence-electron chi connectivity index (χ2n) is 7.29. The second kappa shape index (κ2) is 7.96. The Kier molecular flexibility index (Phi) is 5.87. The molecule has 0 radical (unpaired) electrons. The number of halogens is 3. The van der Waals surface area contributed by atoms with E-state index in [2.05, 4.69) is 10.2 Å². The molecule has 2 aliphatic rings. The zero-order valence-corrected chi connectivity index (χ0v) is 15.1. The fourth-order valence-corrected chi connectivity index (χ4v) is 3.82. The molecule has 2 atom stereocenters. The molecule has 0 bridgehead atoms. The fraction of sp³-hybridized carbons (Fsp3) is 0.632. The molecule has 0 aromatic heterocycles. The van der Waals surface area contributed by atoms with Crippen LogP contribution in [0, 0.1) is 0 Å². The third-order valence-electron chi connectivity index (χ3n) is 5.47. The van der Waals surface area contributed by atoms with E-state index in [4.69, 9.17) is 0 Å². The summed E-state index contributed by atoms with van der Waals surface area (Å²) in [5, 5.41) is 3.34. The van der Waals surface area contributed by atoms with E-state index >= 15 is 0 Å². The van der Waals surface area contributed by atoms with Crippen molar-refractivity contribution >= 4 is 5.91 Å². The maximum Gasteiger partial charge on any atom is 0.416 e. The summed E-state index contributed by atoms with van der Waals surface area (Å²) in [4.78, 5) is 17.0. The number of carbonyl (C=O) groups excluding carboxylic acids is 1. The van der Waals surface area contributed by atoms with Gasteiger partial charge in [0.1, 0.15) is 0 Å². The van der Waals surface area contributed by atoms with Crippen LogP contribution >= 0.6 is 0 Å². The number of hydrogen-bond donors (Lipinski definition) is 1. The van der Waals surface area contributed by atoms with Crippen molar-refractivity contribution in [3.63, 3.8) is 0 Å². The lowest BCUT2D eigenvalue weighted by molar-refractivity contribution is -0.137. The van der Waals surface area contributed by atoms with Crippen LogP contribution in [0.4, 0.5) is 13.2 Å². The van der Waals surface area contributed by atoms with Crippen LogP contribution in [0.3, 0.4) is 0 Å². The van der Waals surface area contributed by atoms with E-state index in [0.29, 0.717) is 12.5 Å². The van der Waals surface area contributed by atoms with Crippen molar-refractivity contribution in [1.29, 1.82) is 0 Å². The van der Waals surface area contributed by atoms with Crippen LogP contribution in [-0.2, 0) is 11.0 Å². The number of rotatable bonds is 4. The Morgan fingerprint density at radius 2 is 1.85 bits per heavy atom. The first-order valence-corrected chi connectivity index (χ1v) is 9.24. The summed E-state index contributed by atoms with van der Waals surface area (Å²) in [7, 11) is 0. The lowest BCUT2D eigenvalue weighted by Crippen LogP contribution is -2.49. The second-order valence-corrected chi connectivity index (χ2v) is 7.29. The number of benzene rings is 1. The Morgan fingerprint density at radius 3 is 2.46 bits per heavy atom. The van der Waals surface area contributed by atoms with E-state index in [1.165, 1.54) is 12.1 Å². The van der Waals surface area contributed by atoms with Gasteiger partial charge in [-0.05, 0) is 30.0 Å². The molecule has 2 saturated heterocycles. The third-order valence-corrected chi connectivity index (χ3v) is 5.47. The Labute approximate surface area is 152 Å². The van der Waals surface area contributed by atoms with Crippen molar-refractivity contribution in [1.82, 2.24) is 15.1 Å². The largest absolute Gasteiger partial charge is 0.416 e. The first kappa shape index (κ1) is 19.2. The number of amides is 1. The van der Waals surface area contributed by atoms with Gasteiger partial charge in [0.05, 0.1) is 5.56 Å². The van der Waals surface area contributed by atoms with Crippen molar-refractivity contribution in [3.05, 3.63) is 35.4 Å². The molecule has 2 aliphatic heterocycles. The molecule has 1 aromatic carbocycles. The van der Waals surface area contributed by atoms with Crippen molar-refractivity contribution in [2.45, 2.75) is 37.9 Å². The highest BCUT2D eigenvalue weighted by atomic mass is 19.4. The molecule has 2 heterocycles. The number of nitrogens with zero attached hydrogens (tertiary/aromatic N) is 2.